The van der Waals surface area contributed by atoms with Crippen molar-refractivity contribution < 1.29 is 38.1 Å². The Kier molecular flexibility index (Phi) is 11.2. The number of hydrogen-bond donors (Lipinski definition) is 2. The molecule has 0 spiro atoms. The van der Waals surface area contributed by atoms with Gasteiger partial charge < -0.3 is 24.6 Å². The molecule has 1 unspecified atom stereocenters. The summed E-state index contributed by atoms with van der Waals surface area (Å²) in [5, 5.41) is 13.5. The van der Waals surface area contributed by atoms with Crippen LogP contribution in [0.5, 0.6) is 17.2 Å². The zero-order valence-electron chi connectivity index (χ0n) is 30.4. The van der Waals surface area contributed by atoms with Crippen molar-refractivity contribution in [3.05, 3.63) is 142 Å². The lowest BCUT2D eigenvalue weighted by Crippen LogP contribution is -2.48. The highest BCUT2D eigenvalue weighted by Crippen LogP contribution is 2.33. The van der Waals surface area contributed by atoms with Crippen molar-refractivity contribution >= 4 is 34.6 Å². The average molecular weight is 748 g/mol. The molecular formula is C41H38FN5O8. The number of aliphatic carboxylic acids is 1. The Morgan fingerprint density at radius 2 is 1.65 bits per heavy atom. The Morgan fingerprint density at radius 3 is 2.33 bits per heavy atom. The van der Waals surface area contributed by atoms with E-state index in [4.69, 9.17) is 14.2 Å². The first-order chi connectivity index (χ1) is 26.5. The van der Waals surface area contributed by atoms with Gasteiger partial charge in [0.2, 0.25) is 0 Å². The van der Waals surface area contributed by atoms with E-state index in [0.717, 1.165) is 16.5 Å². The number of carbonyl (C=O) groups excluding carboxylic acids is 2. The summed E-state index contributed by atoms with van der Waals surface area (Å²) in [5.74, 6) is -2.79. The number of pyridine rings is 1. The van der Waals surface area contributed by atoms with Gasteiger partial charge in [-0.05, 0) is 55.0 Å². The number of carboxylic acids is 1. The van der Waals surface area contributed by atoms with Crippen LogP contribution in [0.2, 0.25) is 0 Å². The first-order valence-electron chi connectivity index (χ1n) is 17.2. The molecule has 6 aromatic rings. The van der Waals surface area contributed by atoms with Crippen LogP contribution in [-0.4, -0.2) is 62.5 Å². The number of rotatable bonds is 13. The highest BCUT2D eigenvalue weighted by atomic mass is 19.1. The van der Waals surface area contributed by atoms with Gasteiger partial charge in [0.05, 0.1) is 24.0 Å². The van der Waals surface area contributed by atoms with Gasteiger partial charge in [0, 0.05) is 48.9 Å². The van der Waals surface area contributed by atoms with Crippen molar-refractivity contribution in [1.29, 1.82) is 0 Å². The third-order valence-electron chi connectivity index (χ3n) is 9.11. The summed E-state index contributed by atoms with van der Waals surface area (Å²) < 4.78 is 34.7. The minimum Gasteiger partial charge on any atom is -0.497 e. The molecule has 2 amide bonds. The number of likely N-dealkylation sites (N-methyl/N-ethyl adjacent to an activating group) is 1. The largest absolute Gasteiger partial charge is 0.497 e. The lowest BCUT2D eigenvalue weighted by atomic mass is 10.0. The molecule has 0 saturated carbocycles. The predicted molar refractivity (Wildman–Crippen MR) is 202 cm³/mol. The first-order valence-corrected chi connectivity index (χ1v) is 17.2. The zero-order valence-corrected chi connectivity index (χ0v) is 30.4. The van der Waals surface area contributed by atoms with Crippen LogP contribution >= 0.6 is 0 Å². The number of halogens is 1. The Morgan fingerprint density at radius 1 is 0.945 bits per heavy atom. The van der Waals surface area contributed by atoms with Gasteiger partial charge in [0.25, 0.3) is 11.5 Å². The molecule has 0 saturated heterocycles. The molecule has 55 heavy (non-hydrogen) atoms. The van der Waals surface area contributed by atoms with Gasteiger partial charge >= 0.3 is 12.1 Å². The van der Waals surface area contributed by atoms with Gasteiger partial charge in [-0.3, -0.25) is 24.2 Å². The van der Waals surface area contributed by atoms with Gasteiger partial charge in [0.1, 0.15) is 29.7 Å². The van der Waals surface area contributed by atoms with Crippen LogP contribution in [0.25, 0.3) is 16.6 Å². The molecule has 2 atom stereocenters. The maximum atomic E-state index is 15.4. The summed E-state index contributed by atoms with van der Waals surface area (Å²) in [5.41, 5.74) is 1.10. The molecule has 0 fully saturated rings. The van der Waals surface area contributed by atoms with Gasteiger partial charge in [-0.1, -0.05) is 55.5 Å². The summed E-state index contributed by atoms with van der Waals surface area (Å²) in [6.07, 6.45) is 0.689. The van der Waals surface area contributed by atoms with Crippen molar-refractivity contribution in [1.82, 2.24) is 19.2 Å². The van der Waals surface area contributed by atoms with Gasteiger partial charge in [-0.25, -0.2) is 18.7 Å². The van der Waals surface area contributed by atoms with Crippen LogP contribution in [0.15, 0.2) is 114 Å². The van der Waals surface area contributed by atoms with E-state index >= 15 is 4.39 Å². The number of carboxylic acid groups (broad SMARTS) is 1. The number of ether oxygens (including phenoxy) is 3. The Labute approximate surface area is 315 Å². The number of benzene rings is 4. The topological polar surface area (TPSA) is 154 Å². The second kappa shape index (κ2) is 16.4. The van der Waals surface area contributed by atoms with Crippen molar-refractivity contribution in [3.63, 3.8) is 0 Å². The van der Waals surface area contributed by atoms with Crippen molar-refractivity contribution in [2.24, 2.45) is 5.92 Å². The second-order valence-electron chi connectivity index (χ2n) is 12.8. The number of aromatic nitrogens is 3. The average Bonchev–Trinajstić information content (AvgIpc) is 3.42. The van der Waals surface area contributed by atoms with Gasteiger partial charge in [0.15, 0.2) is 11.6 Å². The number of hydrogen-bond acceptors (Lipinski definition) is 8. The molecule has 0 aliphatic heterocycles. The summed E-state index contributed by atoms with van der Waals surface area (Å²) in [6.45, 7) is 3.04. The number of carbonyl (C=O) groups is 3. The fraction of sp³-hybridized carbons (Fsp3) is 0.195. The molecule has 0 aliphatic rings. The Hall–Kier alpha value is -6.96. The van der Waals surface area contributed by atoms with E-state index in [1.807, 2.05) is 6.07 Å². The summed E-state index contributed by atoms with van der Waals surface area (Å²) in [4.78, 5) is 58.7. The Bertz CT molecular complexity index is 2420. The number of para-hydroxylation sites is 1. The standard InChI is InChI=1S/C41H38FN5O8/c1-25(37(40(50)51)45(3)41(52)54-24-27-11-7-5-8-12-27)23-46-26(2)36(39(49)47(46)29-13-9-6-10-14-29)38(48)44-28-15-18-35(32(42)21-28)55-34-19-20-43-33-22-30(53-4)16-17-31(33)34/h5-22,25,37H,23-24H2,1-4H3,(H,44,48)(H,50,51)/t25-,37?/m1/s1. The highest BCUT2D eigenvalue weighted by molar-refractivity contribution is 6.05. The molecular weight excluding hydrogens is 709 g/mol. The Balaban J connectivity index is 1.24. The maximum absolute atomic E-state index is 15.4. The van der Waals surface area contributed by atoms with Gasteiger partial charge in [-0.2, -0.15) is 0 Å². The monoisotopic (exact) mass is 747 g/mol. The number of nitrogens with zero attached hydrogens (tertiary/aromatic N) is 4. The molecule has 2 heterocycles. The summed E-state index contributed by atoms with van der Waals surface area (Å²) in [7, 11) is 2.88. The van der Waals surface area contributed by atoms with Gasteiger partial charge in [-0.15, -0.1) is 0 Å². The zero-order chi connectivity index (χ0) is 39.2. The molecule has 0 aliphatic carbocycles. The van der Waals surface area contributed by atoms with E-state index in [2.05, 4.69) is 10.3 Å². The molecule has 0 radical (unpaired) electrons. The smallest absolute Gasteiger partial charge is 0.410 e. The summed E-state index contributed by atoms with van der Waals surface area (Å²) >= 11 is 0. The third kappa shape index (κ3) is 8.18. The molecule has 0 bridgehead atoms. The normalized spacial score (nSPS) is 12.1. The first kappa shape index (κ1) is 37.8. The minimum absolute atomic E-state index is 0.0505. The predicted octanol–water partition coefficient (Wildman–Crippen LogP) is 7.05. The van der Waals surface area contributed by atoms with Crippen molar-refractivity contribution in [2.75, 3.05) is 19.5 Å². The van der Waals surface area contributed by atoms with Crippen LogP contribution in [0.4, 0.5) is 14.9 Å². The maximum Gasteiger partial charge on any atom is 0.410 e. The van der Waals surface area contributed by atoms with E-state index in [0.29, 0.717) is 28.1 Å². The van der Waals surface area contributed by atoms with Crippen LogP contribution < -0.4 is 20.3 Å². The van der Waals surface area contributed by atoms with Crippen molar-refractivity contribution in [2.45, 2.75) is 33.0 Å². The molecule has 2 aromatic heterocycles. The van der Waals surface area contributed by atoms with E-state index in [1.54, 1.807) is 99.8 Å². The lowest BCUT2D eigenvalue weighted by molar-refractivity contribution is -0.144. The molecule has 6 rings (SSSR count). The van der Waals surface area contributed by atoms with Crippen LogP contribution in [0.1, 0.15) is 28.5 Å². The number of amides is 2. The third-order valence-corrected chi connectivity index (χ3v) is 9.11. The van der Waals surface area contributed by atoms with E-state index in [9.17, 15) is 24.3 Å². The van der Waals surface area contributed by atoms with E-state index in [-0.39, 0.29) is 35.8 Å². The number of methoxy groups -OCH3 is 1. The lowest BCUT2D eigenvalue weighted by Gasteiger charge is -2.30. The molecule has 282 valence electrons. The SMILES string of the molecule is COc1ccc2c(Oc3ccc(NC(=O)c4c(C)n(C[C@@H](C)C(C(=O)O)N(C)C(=O)OCc5ccccc5)n(-c5ccccc5)c4=O)cc3F)ccnc2c1. The highest BCUT2D eigenvalue weighted by Gasteiger charge is 2.35. The fourth-order valence-electron chi connectivity index (χ4n) is 6.34. The molecule has 4 aromatic carbocycles. The van der Waals surface area contributed by atoms with Crippen LogP contribution in [-0.2, 0) is 22.7 Å². The van der Waals surface area contributed by atoms with E-state index in [1.165, 1.54) is 34.7 Å². The second-order valence-corrected chi connectivity index (χ2v) is 12.8. The molecule has 14 heteroatoms. The van der Waals surface area contributed by atoms with Crippen molar-refractivity contribution in [3.8, 4) is 22.9 Å². The van der Waals surface area contributed by atoms with Crippen LogP contribution in [0.3, 0.4) is 0 Å². The van der Waals surface area contributed by atoms with E-state index < -0.39 is 41.3 Å². The number of nitrogens with one attached hydrogen (secondary N) is 1. The quantitative estimate of drug-likeness (QED) is 0.127. The number of anilines is 1. The molecule has 2 N–H and O–H groups in total. The fourth-order valence-corrected chi connectivity index (χ4v) is 6.34. The minimum atomic E-state index is -1.36. The number of fused-ring (bicyclic) bond motifs is 1. The van der Waals surface area contributed by atoms with Crippen LogP contribution in [0, 0.1) is 18.7 Å². The summed E-state index contributed by atoms with van der Waals surface area (Å²) in [6, 6.07) is 26.8. The molecule has 13 nitrogen and oxygen atoms in total.